The first-order valence-corrected chi connectivity index (χ1v) is 29.7. The van der Waals surface area contributed by atoms with Gasteiger partial charge in [0.25, 0.3) is 11.7 Å². The van der Waals surface area contributed by atoms with Crippen LogP contribution in [-0.4, -0.2) is 184 Å². The normalized spacial score (nSPS) is 36.7. The lowest BCUT2D eigenvalue weighted by atomic mass is 9.78. The van der Waals surface area contributed by atoms with Crippen LogP contribution >= 0.6 is 7.82 Å². The number of rotatable bonds is 15. The molecule has 1 saturated carbocycles. The quantitative estimate of drug-likeness (QED) is 0.0372. The number of aliphatic hydroxyl groups is 2. The zero-order chi connectivity index (χ0) is 58.1. The van der Waals surface area contributed by atoms with Gasteiger partial charge in [-0.25, -0.2) is 9.36 Å². The monoisotopic (exact) mass is 1120 g/mol. The van der Waals surface area contributed by atoms with Gasteiger partial charge in [-0.2, -0.15) is 0 Å². The molecule has 3 fully saturated rings. The molecule has 0 spiro atoms. The number of hydrogen-bond donors (Lipinski definition) is 3. The third-order valence-electron chi connectivity index (χ3n) is 16.1. The van der Waals surface area contributed by atoms with E-state index in [1.165, 1.54) is 12.0 Å². The van der Waals surface area contributed by atoms with Gasteiger partial charge in [0.05, 0.1) is 58.8 Å². The predicted octanol–water partition coefficient (Wildman–Crippen LogP) is 7.04. The Hall–Kier alpha value is -3.30. The number of aliphatic hydroxyl groups excluding tert-OH is 1. The topological polar surface area (TPSA) is 240 Å². The van der Waals surface area contributed by atoms with E-state index in [0.29, 0.717) is 80.8 Å². The number of quaternary nitrogens is 1. The Kier molecular flexibility index (Phi) is 26.9. The van der Waals surface area contributed by atoms with Gasteiger partial charge in [0.2, 0.25) is 5.79 Å². The van der Waals surface area contributed by atoms with Crippen LogP contribution in [0.3, 0.4) is 0 Å². The molecular weight excluding hydrogens is 1030 g/mol. The summed E-state index contributed by atoms with van der Waals surface area (Å²) in [6.07, 6.45) is 10.9. The maximum Gasteiger partial charge on any atom is 0.472 e. The number of amides is 1. The second-order valence-electron chi connectivity index (χ2n) is 23.6. The molecule has 4 aliphatic rings. The van der Waals surface area contributed by atoms with Crippen molar-refractivity contribution in [1.29, 1.82) is 0 Å². The van der Waals surface area contributed by atoms with E-state index < -0.39 is 91.5 Å². The van der Waals surface area contributed by atoms with Crippen molar-refractivity contribution in [1.82, 2.24) is 4.90 Å². The minimum atomic E-state index is -4.28. The van der Waals surface area contributed by atoms with E-state index in [1.54, 1.807) is 48.0 Å². The molecule has 0 radical (unpaired) electrons. The van der Waals surface area contributed by atoms with Crippen molar-refractivity contribution in [2.45, 2.75) is 180 Å². The van der Waals surface area contributed by atoms with Gasteiger partial charge in [0, 0.05) is 58.5 Å². The Morgan fingerprint density at radius 1 is 0.833 bits per heavy atom. The fourth-order valence-corrected chi connectivity index (χ4v) is 11.8. The van der Waals surface area contributed by atoms with Crippen LogP contribution in [0.2, 0.25) is 0 Å². The number of allylic oxidation sites excluding steroid dienone is 6. The molecule has 20 heteroatoms. The van der Waals surface area contributed by atoms with E-state index in [4.69, 9.17) is 37.5 Å². The number of fused-ring (bicyclic) bond motifs is 3. The van der Waals surface area contributed by atoms with Crippen LogP contribution in [0.4, 0.5) is 0 Å². The van der Waals surface area contributed by atoms with Crippen LogP contribution in [-0.2, 0) is 66.0 Å². The number of cyclic esters (lactones) is 1. The Labute approximate surface area is 464 Å². The average Bonchev–Trinajstić information content (AvgIpc) is 3.38. The molecule has 3 heterocycles. The second-order valence-corrected chi connectivity index (χ2v) is 25.0. The molecule has 78 heavy (non-hydrogen) atoms. The highest BCUT2D eigenvalue weighted by molar-refractivity contribution is 7.47. The second kappa shape index (κ2) is 31.2. The number of esters is 1. The summed E-state index contributed by atoms with van der Waals surface area (Å²) < 4.78 is 59.2. The van der Waals surface area contributed by atoms with Crippen molar-refractivity contribution in [3.8, 4) is 0 Å². The third kappa shape index (κ3) is 20.0. The Morgan fingerprint density at radius 3 is 2.21 bits per heavy atom. The summed E-state index contributed by atoms with van der Waals surface area (Å²) in [5, 5.41) is 23.6. The summed E-state index contributed by atoms with van der Waals surface area (Å²) in [4.78, 5) is 82.8. The molecule has 0 aromatic heterocycles. The Morgan fingerprint density at radius 2 is 1.54 bits per heavy atom. The molecular formula is C58H96N2O17P+. The number of nitrogens with zero attached hydrogens (tertiary/aromatic N) is 2. The number of piperidine rings is 1. The highest BCUT2D eigenvalue weighted by Gasteiger charge is 2.53. The van der Waals surface area contributed by atoms with Crippen LogP contribution < -0.4 is 0 Å². The number of methoxy groups -OCH3 is 3. The van der Waals surface area contributed by atoms with Gasteiger partial charge in [-0.05, 0) is 107 Å². The first-order chi connectivity index (χ1) is 36.6. The average molecular weight is 1120 g/mol. The zero-order valence-electron chi connectivity index (χ0n) is 49.0. The lowest BCUT2D eigenvalue weighted by Crippen LogP contribution is -2.61. The van der Waals surface area contributed by atoms with Gasteiger partial charge in [-0.15, -0.1) is 0 Å². The number of ether oxygens (including phenoxy) is 6. The van der Waals surface area contributed by atoms with Crippen molar-refractivity contribution < 1.29 is 85.6 Å². The largest absolute Gasteiger partial charge is 0.472 e. The number of hydrogen-bond acceptors (Lipinski definition) is 16. The summed E-state index contributed by atoms with van der Waals surface area (Å²) in [6, 6.07) is -1.19. The van der Waals surface area contributed by atoms with Gasteiger partial charge < -0.3 is 52.9 Å². The zero-order valence-corrected chi connectivity index (χ0v) is 49.9. The molecule has 0 aromatic rings. The van der Waals surface area contributed by atoms with Crippen LogP contribution in [0, 0.1) is 35.5 Å². The van der Waals surface area contributed by atoms with Crippen molar-refractivity contribution >= 4 is 37.0 Å². The maximum atomic E-state index is 14.6. The van der Waals surface area contributed by atoms with Crippen molar-refractivity contribution in [2.24, 2.45) is 35.5 Å². The highest BCUT2D eigenvalue weighted by Crippen LogP contribution is 2.43. The van der Waals surface area contributed by atoms with Gasteiger partial charge >= 0.3 is 13.8 Å². The fraction of sp³-hybridized carbons (Fsp3) is 0.776. The molecule has 2 saturated heterocycles. The van der Waals surface area contributed by atoms with E-state index in [0.717, 1.165) is 5.57 Å². The molecule has 1 aliphatic carbocycles. The van der Waals surface area contributed by atoms with E-state index in [9.17, 15) is 43.6 Å². The van der Waals surface area contributed by atoms with Crippen LogP contribution in [0.25, 0.3) is 0 Å². The van der Waals surface area contributed by atoms with Crippen LogP contribution in [0.15, 0.2) is 47.6 Å². The number of phosphoric ester groups is 1. The van der Waals surface area contributed by atoms with Gasteiger partial charge in [-0.1, -0.05) is 71.1 Å². The summed E-state index contributed by atoms with van der Waals surface area (Å²) >= 11 is 0. The summed E-state index contributed by atoms with van der Waals surface area (Å²) in [5.41, 5.74) is 1.23. The summed E-state index contributed by atoms with van der Waals surface area (Å²) in [6.45, 7) is 13.1. The molecule has 1 unspecified atom stereocenters. The smallest absolute Gasteiger partial charge is 0.460 e. The van der Waals surface area contributed by atoms with Gasteiger partial charge in [-0.3, -0.25) is 28.2 Å². The Bertz CT molecular complexity index is 2160. The highest BCUT2D eigenvalue weighted by atomic mass is 31.2. The lowest BCUT2D eigenvalue weighted by Gasteiger charge is -2.42. The molecule has 444 valence electrons. The number of likely N-dealkylation sites (N-methyl/N-ethyl adjacent to an activating group) is 1. The van der Waals surface area contributed by atoms with E-state index in [-0.39, 0.29) is 74.8 Å². The number of carbonyl (C=O) groups excluding carboxylic acids is 5. The fourth-order valence-electron chi connectivity index (χ4n) is 11.1. The summed E-state index contributed by atoms with van der Waals surface area (Å²) in [5.74, 6) is -8.39. The van der Waals surface area contributed by atoms with Crippen LogP contribution in [0.5, 0.6) is 0 Å². The number of carbonyl (C=O) groups is 5. The molecule has 3 aliphatic heterocycles. The molecule has 1 amide bonds. The van der Waals surface area contributed by atoms with Crippen molar-refractivity contribution in [2.75, 3.05) is 75.4 Å². The van der Waals surface area contributed by atoms with Gasteiger partial charge in [0.1, 0.15) is 43.3 Å². The first-order valence-electron chi connectivity index (χ1n) is 28.2. The summed E-state index contributed by atoms with van der Waals surface area (Å²) in [7, 11) is 6.07. The van der Waals surface area contributed by atoms with Crippen molar-refractivity contribution in [3.63, 3.8) is 0 Å². The maximum absolute atomic E-state index is 14.6. The lowest BCUT2D eigenvalue weighted by molar-refractivity contribution is -0.870. The van der Waals surface area contributed by atoms with Crippen molar-refractivity contribution in [3.05, 3.63) is 47.6 Å². The first kappa shape index (κ1) is 67.2. The molecule has 16 atom stereocenters. The minimum absolute atomic E-state index is 0.00303. The minimum Gasteiger partial charge on any atom is -0.460 e. The third-order valence-corrected chi connectivity index (χ3v) is 17.2. The standard InChI is InChI=1S/C58H95N2O17P/c1-37-19-15-14-16-20-38(2)49(70-11)35-45-24-22-43(7)58(67,77-45)55(64)56(65)59-26-18-17-21-46(59)57(66)76-50(36-47(61)39(3)32-42(6)53(63)54(72-13)52(62)41(5)31-37)40(4)33-44-23-25-48(51(34-44)71-12)73-29-30-75-78(68,69)74-28-27-60(8,9)10/h14-16,19-20,32,37,39-41,43-46,48-51,53-54,63,67H,17-18,21-31,33-36H2,1-13H3/p+1/b16-14-,19-15+,38-20+,42-32-/t37-,39-,40-,41-,43-,44+,45+,46+,48-,49-,50+,51-,53-,54+,58-/m1/s1. The molecule has 0 aromatic carbocycles. The van der Waals surface area contributed by atoms with E-state index in [1.807, 2.05) is 72.3 Å². The number of Topliss-reactive ketones (excluding diaryl/α,β-unsaturated/α-hetero) is 3. The Balaban J connectivity index is 1.62. The SMILES string of the molecule is CO[C@@H]1C[C@@H]2CC[C@@H](C)[C@@](O)(O2)C(=O)C(=O)N2CCCC[C@H]2C(=O)O[C@H]([C@H](C)C[C@@H]2CC[C@@H](OCCOP(=O)(O)OCC[N+](C)(C)C)[C@H](OC)C2)CC(=O)[C@H](C)/C=C(/C)[C@@H](O)[C@@H](OC)C(=O)[C@H](C)C[C@H](C)/C=C/C=C\C=C\1C. The number of ketones is 3. The predicted molar refractivity (Wildman–Crippen MR) is 293 cm³/mol. The van der Waals surface area contributed by atoms with E-state index >= 15 is 0 Å². The molecule has 19 nitrogen and oxygen atoms in total. The number of phosphoric acid groups is 1. The van der Waals surface area contributed by atoms with Gasteiger partial charge in [0.15, 0.2) is 5.78 Å². The van der Waals surface area contributed by atoms with Crippen LogP contribution in [0.1, 0.15) is 126 Å². The molecule has 3 N–H and O–H groups in total. The molecule has 4 rings (SSSR count). The molecule has 2 bridgehead atoms. The van der Waals surface area contributed by atoms with E-state index in [2.05, 4.69) is 0 Å².